The van der Waals surface area contributed by atoms with Crippen LogP contribution in [0.5, 0.6) is 0 Å². The molecular weight excluding hydrogens is 542 g/mol. The second kappa shape index (κ2) is 11.7. The van der Waals surface area contributed by atoms with Gasteiger partial charge in [-0.05, 0) is 17.5 Å². The molecule has 0 spiro atoms. The number of rotatable bonds is 7. The van der Waals surface area contributed by atoms with Crippen LogP contribution in [0.15, 0.2) is 34.6 Å². The summed E-state index contributed by atoms with van der Waals surface area (Å²) in [5, 5.41) is 7.74. The highest BCUT2D eigenvalue weighted by Gasteiger charge is 2.33. The molecule has 1 aromatic carbocycles. The largest absolute Gasteiger partial charge is 0.434 e. The highest BCUT2D eigenvalue weighted by molar-refractivity contribution is 14.0. The first-order valence-corrected chi connectivity index (χ1v) is 10.5. The van der Waals surface area contributed by atoms with Crippen LogP contribution in [0, 0.1) is 0 Å². The Bertz CT molecular complexity index is 903. The SMILES string of the molecule is CN=C(NCCc1nc(C(F)(F)F)cs1)NCc1cccc(CN2CCCC2=O)c1.I. The molecule has 1 aromatic heterocycles. The summed E-state index contributed by atoms with van der Waals surface area (Å²) in [6.45, 7) is 2.38. The van der Waals surface area contributed by atoms with Crippen LogP contribution in [0.3, 0.4) is 0 Å². The molecule has 3 rings (SSSR count). The van der Waals surface area contributed by atoms with E-state index >= 15 is 0 Å². The molecule has 0 radical (unpaired) electrons. The first-order valence-electron chi connectivity index (χ1n) is 9.67. The van der Waals surface area contributed by atoms with E-state index in [1.807, 2.05) is 23.1 Å². The highest BCUT2D eigenvalue weighted by atomic mass is 127. The Morgan fingerprint density at radius 3 is 2.71 bits per heavy atom. The molecule has 0 bridgehead atoms. The van der Waals surface area contributed by atoms with E-state index in [4.69, 9.17) is 0 Å². The molecule has 2 N–H and O–H groups in total. The molecule has 0 unspecified atom stereocenters. The molecule has 6 nitrogen and oxygen atoms in total. The van der Waals surface area contributed by atoms with Crippen LogP contribution in [0.4, 0.5) is 13.2 Å². The Kier molecular flexibility index (Phi) is 9.54. The van der Waals surface area contributed by atoms with Crippen LogP contribution in [-0.2, 0) is 30.5 Å². The van der Waals surface area contributed by atoms with Crippen molar-refractivity contribution in [3.8, 4) is 0 Å². The van der Waals surface area contributed by atoms with Gasteiger partial charge in [-0.3, -0.25) is 9.79 Å². The van der Waals surface area contributed by atoms with Crippen molar-refractivity contribution in [3.63, 3.8) is 0 Å². The monoisotopic (exact) mass is 567 g/mol. The standard InChI is InChI=1S/C20H24F3N5OS.HI/c1-24-19(25-8-7-17-27-16(13-30-17)20(21,22)23)26-11-14-4-2-5-15(10-14)12-28-9-3-6-18(28)29;/h2,4-5,10,13H,3,6-9,11-12H2,1H3,(H2,24,25,26);1H. The molecule has 2 aromatic rings. The van der Waals surface area contributed by atoms with Gasteiger partial charge in [0.25, 0.3) is 0 Å². The number of guanidine groups is 1. The average Bonchev–Trinajstić information content (AvgIpc) is 3.34. The first-order chi connectivity index (χ1) is 14.3. The summed E-state index contributed by atoms with van der Waals surface area (Å²) in [6.07, 6.45) is -2.49. The quantitative estimate of drug-likeness (QED) is 0.304. The number of alkyl halides is 3. The van der Waals surface area contributed by atoms with E-state index in [1.54, 1.807) is 7.05 Å². The fraction of sp³-hybridized carbons (Fsp3) is 0.450. The number of carbonyl (C=O) groups is 1. The Labute approximate surface area is 200 Å². The fourth-order valence-corrected chi connectivity index (χ4v) is 3.98. The van der Waals surface area contributed by atoms with Gasteiger partial charge in [-0.1, -0.05) is 24.3 Å². The van der Waals surface area contributed by atoms with Gasteiger partial charge in [-0.15, -0.1) is 35.3 Å². The molecule has 0 aliphatic carbocycles. The lowest BCUT2D eigenvalue weighted by atomic mass is 10.1. The van der Waals surface area contributed by atoms with E-state index in [0.717, 1.165) is 40.8 Å². The predicted molar refractivity (Wildman–Crippen MR) is 126 cm³/mol. The van der Waals surface area contributed by atoms with Gasteiger partial charge in [-0.25, -0.2) is 4.98 Å². The zero-order valence-corrected chi connectivity index (χ0v) is 20.2. The summed E-state index contributed by atoms with van der Waals surface area (Å²) in [5.74, 6) is 0.758. The molecule has 170 valence electrons. The number of hydrogen-bond donors (Lipinski definition) is 2. The molecule has 0 atom stereocenters. The van der Waals surface area contributed by atoms with Crippen LogP contribution in [0.2, 0.25) is 0 Å². The number of likely N-dealkylation sites (tertiary alicyclic amines) is 1. The summed E-state index contributed by atoms with van der Waals surface area (Å²) < 4.78 is 37.8. The number of nitrogens with one attached hydrogen (secondary N) is 2. The molecule has 1 fully saturated rings. The summed E-state index contributed by atoms with van der Waals surface area (Å²) in [4.78, 5) is 21.4. The van der Waals surface area contributed by atoms with Crippen LogP contribution >= 0.6 is 35.3 Å². The number of halogens is 4. The van der Waals surface area contributed by atoms with Crippen LogP contribution < -0.4 is 10.6 Å². The van der Waals surface area contributed by atoms with E-state index in [2.05, 4.69) is 26.7 Å². The maximum absolute atomic E-state index is 12.6. The van der Waals surface area contributed by atoms with E-state index < -0.39 is 11.9 Å². The molecule has 11 heteroatoms. The van der Waals surface area contributed by atoms with E-state index in [1.165, 1.54) is 0 Å². The van der Waals surface area contributed by atoms with Crippen molar-refractivity contribution in [2.45, 2.75) is 38.5 Å². The lowest BCUT2D eigenvalue weighted by Crippen LogP contribution is -2.37. The maximum Gasteiger partial charge on any atom is 0.434 e. The number of aromatic nitrogens is 1. The third-order valence-corrected chi connectivity index (χ3v) is 5.60. The van der Waals surface area contributed by atoms with Crippen molar-refractivity contribution in [3.05, 3.63) is 51.5 Å². The Balaban J connectivity index is 0.00000341. The minimum absolute atomic E-state index is 0. The molecule has 1 aliphatic rings. The molecule has 1 saturated heterocycles. The topological polar surface area (TPSA) is 69.6 Å². The van der Waals surface area contributed by atoms with Crippen molar-refractivity contribution in [2.24, 2.45) is 4.99 Å². The van der Waals surface area contributed by atoms with Gasteiger partial charge in [0, 0.05) is 51.4 Å². The number of hydrogen-bond acceptors (Lipinski definition) is 4. The lowest BCUT2D eigenvalue weighted by Gasteiger charge is -2.16. The number of carbonyl (C=O) groups excluding carboxylic acids is 1. The number of amides is 1. The van der Waals surface area contributed by atoms with Gasteiger partial charge in [-0.2, -0.15) is 13.2 Å². The van der Waals surface area contributed by atoms with Gasteiger partial charge in [0.1, 0.15) is 0 Å². The normalized spacial score (nSPS) is 14.5. The zero-order chi connectivity index (χ0) is 21.6. The summed E-state index contributed by atoms with van der Waals surface area (Å²) in [7, 11) is 1.63. The third-order valence-electron chi connectivity index (χ3n) is 4.69. The molecule has 2 heterocycles. The van der Waals surface area contributed by atoms with Crippen LogP contribution in [-0.4, -0.2) is 41.9 Å². The van der Waals surface area contributed by atoms with Crippen LogP contribution in [0.1, 0.15) is 34.7 Å². The zero-order valence-electron chi connectivity index (χ0n) is 17.0. The molecule has 31 heavy (non-hydrogen) atoms. The smallest absolute Gasteiger partial charge is 0.356 e. The van der Waals surface area contributed by atoms with Crippen LogP contribution in [0.25, 0.3) is 0 Å². The Hall–Kier alpha value is -1.89. The lowest BCUT2D eigenvalue weighted by molar-refractivity contribution is -0.140. The van der Waals surface area contributed by atoms with Gasteiger partial charge in [0.2, 0.25) is 5.91 Å². The molecular formula is C20H25F3IN5OS. The van der Waals surface area contributed by atoms with Crippen molar-refractivity contribution >= 4 is 47.2 Å². The van der Waals surface area contributed by atoms with Crippen molar-refractivity contribution in [1.82, 2.24) is 20.5 Å². The van der Waals surface area contributed by atoms with Crippen molar-refractivity contribution in [2.75, 3.05) is 20.1 Å². The summed E-state index contributed by atoms with van der Waals surface area (Å²) >= 11 is 1.00. The van der Waals surface area contributed by atoms with Crippen molar-refractivity contribution in [1.29, 1.82) is 0 Å². The Morgan fingerprint density at radius 2 is 2.06 bits per heavy atom. The molecule has 1 amide bonds. The molecule has 0 saturated carbocycles. The number of aliphatic imine (C=N–C) groups is 1. The van der Waals surface area contributed by atoms with Crippen molar-refractivity contribution < 1.29 is 18.0 Å². The maximum atomic E-state index is 12.6. The first kappa shape index (κ1) is 25.4. The summed E-state index contributed by atoms with van der Waals surface area (Å²) in [6, 6.07) is 8.01. The van der Waals surface area contributed by atoms with Gasteiger partial charge < -0.3 is 15.5 Å². The average molecular weight is 567 g/mol. The summed E-state index contributed by atoms with van der Waals surface area (Å²) in [5.41, 5.74) is 1.29. The highest BCUT2D eigenvalue weighted by Crippen LogP contribution is 2.30. The Morgan fingerprint density at radius 1 is 1.29 bits per heavy atom. The minimum atomic E-state index is -4.41. The predicted octanol–water partition coefficient (Wildman–Crippen LogP) is 3.81. The van der Waals surface area contributed by atoms with Gasteiger partial charge >= 0.3 is 6.18 Å². The fourth-order valence-electron chi connectivity index (χ4n) is 3.18. The second-order valence-electron chi connectivity index (χ2n) is 6.97. The number of benzene rings is 1. The third kappa shape index (κ3) is 7.63. The second-order valence-corrected chi connectivity index (χ2v) is 7.91. The minimum Gasteiger partial charge on any atom is -0.356 e. The van der Waals surface area contributed by atoms with E-state index in [0.29, 0.717) is 43.4 Å². The van der Waals surface area contributed by atoms with E-state index in [9.17, 15) is 18.0 Å². The van der Waals surface area contributed by atoms with Gasteiger partial charge in [0.15, 0.2) is 11.7 Å². The number of nitrogens with zero attached hydrogens (tertiary/aromatic N) is 3. The van der Waals surface area contributed by atoms with Gasteiger partial charge in [0.05, 0.1) is 5.01 Å². The van der Waals surface area contributed by atoms with E-state index in [-0.39, 0.29) is 29.9 Å². The number of thiazole rings is 1. The molecule has 1 aliphatic heterocycles.